The van der Waals surface area contributed by atoms with Gasteiger partial charge in [0.15, 0.2) is 5.75 Å². The highest BCUT2D eigenvalue weighted by Crippen LogP contribution is 2.36. The number of benzene rings is 2. The van der Waals surface area contributed by atoms with Gasteiger partial charge in [-0.2, -0.15) is 10.5 Å². The van der Waals surface area contributed by atoms with Crippen LogP contribution >= 0.6 is 38.5 Å². The minimum absolute atomic E-state index is 0.359. The molecule has 6 heteroatoms. The van der Waals surface area contributed by atoms with Crippen LogP contribution in [0.5, 0.6) is 11.5 Å². The summed E-state index contributed by atoms with van der Waals surface area (Å²) in [6.45, 7) is 0. The van der Waals surface area contributed by atoms with Gasteiger partial charge in [-0.05, 0) is 62.8 Å². The van der Waals surface area contributed by atoms with E-state index in [2.05, 4.69) is 22.0 Å². The van der Waals surface area contributed by atoms with Crippen LogP contribution in [0.3, 0.4) is 0 Å². The number of nitrogen functional groups attached to an aromatic ring is 1. The van der Waals surface area contributed by atoms with Crippen LogP contribution in [0.4, 0.5) is 5.69 Å². The van der Waals surface area contributed by atoms with Crippen molar-refractivity contribution in [2.45, 2.75) is 0 Å². The van der Waals surface area contributed by atoms with Gasteiger partial charge in [0.2, 0.25) is 0 Å². The van der Waals surface area contributed by atoms with Crippen molar-refractivity contribution in [3.05, 3.63) is 49.5 Å². The predicted octanol–water partition coefficient (Wildman–Crippen LogP) is 4.17. The molecule has 0 saturated heterocycles. The van der Waals surface area contributed by atoms with Gasteiger partial charge in [-0.15, -0.1) is 0 Å². The third-order valence-electron chi connectivity index (χ3n) is 2.50. The number of hydrogen-bond acceptors (Lipinski definition) is 4. The zero-order valence-corrected chi connectivity index (χ0v) is 13.8. The molecule has 0 heterocycles. The van der Waals surface area contributed by atoms with E-state index < -0.39 is 0 Å². The third-order valence-corrected chi connectivity index (χ3v) is 3.96. The quantitative estimate of drug-likeness (QED) is 0.562. The SMILES string of the molecule is N#Cc1cc(N)c(Oc2cccc(Br)c2C#N)c(I)c1. The van der Waals surface area contributed by atoms with Crippen molar-refractivity contribution in [1.82, 2.24) is 0 Å². The second kappa shape index (κ2) is 6.12. The summed E-state index contributed by atoms with van der Waals surface area (Å²) < 4.78 is 7.11. The van der Waals surface area contributed by atoms with E-state index in [0.717, 1.165) is 0 Å². The predicted molar refractivity (Wildman–Crippen MR) is 87.2 cm³/mol. The normalized spacial score (nSPS) is 9.60. The first-order valence-electron chi connectivity index (χ1n) is 5.42. The van der Waals surface area contributed by atoms with Gasteiger partial charge in [-0.3, -0.25) is 0 Å². The first-order chi connectivity index (χ1) is 9.56. The molecule has 0 aliphatic heterocycles. The number of nitriles is 2. The number of nitrogens with zero attached hydrogens (tertiary/aromatic N) is 2. The van der Waals surface area contributed by atoms with Gasteiger partial charge < -0.3 is 10.5 Å². The molecular weight excluding hydrogens is 433 g/mol. The summed E-state index contributed by atoms with van der Waals surface area (Å²) in [5.41, 5.74) is 7.12. The number of nitrogens with two attached hydrogens (primary N) is 1. The summed E-state index contributed by atoms with van der Waals surface area (Å²) in [5, 5.41) is 18.0. The van der Waals surface area contributed by atoms with E-state index in [9.17, 15) is 0 Å². The lowest BCUT2D eigenvalue weighted by molar-refractivity contribution is 0.479. The topological polar surface area (TPSA) is 82.8 Å². The molecule has 0 aliphatic carbocycles. The number of hydrogen-bond donors (Lipinski definition) is 1. The van der Waals surface area contributed by atoms with Crippen LogP contribution in [0.1, 0.15) is 11.1 Å². The number of halogens is 2. The van der Waals surface area contributed by atoms with Crippen LogP contribution in [0.2, 0.25) is 0 Å². The smallest absolute Gasteiger partial charge is 0.163 e. The second-order valence-electron chi connectivity index (χ2n) is 3.82. The summed E-state index contributed by atoms with van der Waals surface area (Å²) in [6.07, 6.45) is 0. The standard InChI is InChI=1S/C14H7BrIN3O/c15-10-2-1-3-13(9(10)7-18)20-14-11(16)4-8(6-17)5-12(14)19/h1-5H,19H2. The van der Waals surface area contributed by atoms with E-state index in [4.69, 9.17) is 21.0 Å². The first-order valence-corrected chi connectivity index (χ1v) is 7.29. The fraction of sp³-hybridized carbons (Fsp3) is 0. The monoisotopic (exact) mass is 439 g/mol. The fourth-order valence-corrected chi connectivity index (χ4v) is 2.79. The van der Waals surface area contributed by atoms with Gasteiger partial charge in [0.1, 0.15) is 17.4 Å². The Bertz CT molecular complexity index is 739. The highest BCUT2D eigenvalue weighted by Gasteiger charge is 2.13. The Kier molecular flexibility index (Phi) is 4.48. The highest BCUT2D eigenvalue weighted by atomic mass is 127. The number of anilines is 1. The average molecular weight is 440 g/mol. The molecule has 0 amide bonds. The van der Waals surface area contributed by atoms with E-state index in [1.165, 1.54) is 0 Å². The minimum atomic E-state index is 0.359. The molecule has 0 aliphatic rings. The number of ether oxygens (including phenoxy) is 1. The Hall–Kier alpha value is -1.77. The van der Waals surface area contributed by atoms with Crippen molar-refractivity contribution < 1.29 is 4.74 Å². The van der Waals surface area contributed by atoms with Crippen LogP contribution < -0.4 is 10.5 Å². The third kappa shape index (κ3) is 2.87. The molecule has 0 bridgehead atoms. The van der Waals surface area contributed by atoms with Gasteiger partial charge >= 0.3 is 0 Å². The van der Waals surface area contributed by atoms with Crippen molar-refractivity contribution in [1.29, 1.82) is 10.5 Å². The fourth-order valence-electron chi connectivity index (χ4n) is 1.59. The van der Waals surface area contributed by atoms with Gasteiger partial charge in [-0.1, -0.05) is 6.07 Å². The first kappa shape index (κ1) is 14.6. The zero-order chi connectivity index (χ0) is 14.7. The van der Waals surface area contributed by atoms with Gasteiger partial charge in [0, 0.05) is 4.47 Å². The maximum atomic E-state index is 9.16. The molecular formula is C14H7BrIN3O. The molecule has 0 aromatic heterocycles. The van der Waals surface area contributed by atoms with E-state index in [-0.39, 0.29) is 0 Å². The lowest BCUT2D eigenvalue weighted by Crippen LogP contribution is -1.97. The molecule has 0 fully saturated rings. The van der Waals surface area contributed by atoms with Crippen molar-refractivity contribution in [3.8, 4) is 23.6 Å². The van der Waals surface area contributed by atoms with Crippen LogP contribution in [0.25, 0.3) is 0 Å². The van der Waals surface area contributed by atoms with Crippen molar-refractivity contribution in [3.63, 3.8) is 0 Å². The van der Waals surface area contributed by atoms with E-state index in [0.29, 0.717) is 36.4 Å². The van der Waals surface area contributed by atoms with E-state index in [1.807, 2.05) is 28.7 Å². The average Bonchev–Trinajstić information content (AvgIpc) is 2.42. The Labute approximate surface area is 138 Å². The molecule has 2 rings (SSSR count). The molecule has 2 aromatic rings. The summed E-state index contributed by atoms with van der Waals surface area (Å²) >= 11 is 5.35. The van der Waals surface area contributed by atoms with Crippen molar-refractivity contribution in [2.24, 2.45) is 0 Å². The maximum Gasteiger partial charge on any atom is 0.163 e. The lowest BCUT2D eigenvalue weighted by atomic mass is 10.2. The molecule has 2 N–H and O–H groups in total. The minimum Gasteiger partial charge on any atom is -0.453 e. The highest BCUT2D eigenvalue weighted by molar-refractivity contribution is 14.1. The molecule has 98 valence electrons. The Balaban J connectivity index is 2.50. The van der Waals surface area contributed by atoms with Crippen LogP contribution in [0.15, 0.2) is 34.8 Å². The second-order valence-corrected chi connectivity index (χ2v) is 5.83. The molecule has 0 radical (unpaired) electrons. The van der Waals surface area contributed by atoms with E-state index >= 15 is 0 Å². The van der Waals surface area contributed by atoms with Crippen LogP contribution in [-0.4, -0.2) is 0 Å². The van der Waals surface area contributed by atoms with Crippen LogP contribution in [0, 0.1) is 26.2 Å². The summed E-state index contributed by atoms with van der Waals surface area (Å²) in [4.78, 5) is 0. The van der Waals surface area contributed by atoms with Crippen LogP contribution in [-0.2, 0) is 0 Å². The Morgan fingerprint density at radius 1 is 1.20 bits per heavy atom. The molecule has 4 nitrogen and oxygen atoms in total. The van der Waals surface area contributed by atoms with Crippen molar-refractivity contribution in [2.75, 3.05) is 5.73 Å². The Morgan fingerprint density at radius 3 is 2.55 bits per heavy atom. The zero-order valence-electron chi connectivity index (χ0n) is 10.0. The molecule has 20 heavy (non-hydrogen) atoms. The summed E-state index contributed by atoms with van der Waals surface area (Å²) in [7, 11) is 0. The Morgan fingerprint density at radius 2 is 1.95 bits per heavy atom. The largest absolute Gasteiger partial charge is 0.453 e. The molecule has 0 saturated carbocycles. The molecule has 0 unspecified atom stereocenters. The summed E-state index contributed by atoms with van der Waals surface area (Å²) in [5.74, 6) is 0.857. The molecule has 2 aromatic carbocycles. The van der Waals surface area contributed by atoms with E-state index in [1.54, 1.807) is 30.3 Å². The maximum absolute atomic E-state index is 9.16. The number of rotatable bonds is 2. The molecule has 0 atom stereocenters. The summed E-state index contributed by atoms with van der Waals surface area (Å²) in [6, 6.07) is 12.6. The lowest BCUT2D eigenvalue weighted by Gasteiger charge is -2.12. The van der Waals surface area contributed by atoms with Gasteiger partial charge in [0.25, 0.3) is 0 Å². The van der Waals surface area contributed by atoms with Crippen molar-refractivity contribution >= 4 is 44.2 Å². The molecule has 0 spiro atoms. The van der Waals surface area contributed by atoms with Gasteiger partial charge in [-0.25, -0.2) is 0 Å². The van der Waals surface area contributed by atoms with Gasteiger partial charge in [0.05, 0.1) is 20.9 Å².